The van der Waals surface area contributed by atoms with Crippen molar-refractivity contribution < 1.29 is 34.0 Å². The lowest BCUT2D eigenvalue weighted by Crippen LogP contribution is -2.45. The summed E-state index contributed by atoms with van der Waals surface area (Å²) in [6.07, 6.45) is 8.96. The van der Waals surface area contributed by atoms with E-state index in [9.17, 15) is 15.0 Å². The second-order valence-corrected chi connectivity index (χ2v) is 7.68. The molecule has 0 bridgehead atoms. The molecule has 0 spiro atoms. The molecule has 0 radical (unpaired) electrons. The molecule has 2 fully saturated rings. The highest BCUT2D eigenvalue weighted by Crippen LogP contribution is 2.30. The van der Waals surface area contributed by atoms with Crippen LogP contribution in [-0.4, -0.2) is 60.8 Å². The molecule has 28 heavy (non-hydrogen) atoms. The predicted octanol–water partition coefficient (Wildman–Crippen LogP) is 3.25. The molecule has 2 rings (SSSR count). The van der Waals surface area contributed by atoms with Gasteiger partial charge in [0, 0.05) is 26.1 Å². The zero-order chi connectivity index (χ0) is 20.4. The fraction of sp³-hybridized carbons (Fsp3) is 0.857. The van der Waals surface area contributed by atoms with Gasteiger partial charge in [0.05, 0.1) is 24.7 Å². The van der Waals surface area contributed by atoms with Crippen LogP contribution in [0.2, 0.25) is 0 Å². The van der Waals surface area contributed by atoms with E-state index in [1.54, 1.807) is 0 Å². The Morgan fingerprint density at radius 3 is 2.75 bits per heavy atom. The molecule has 2 N–H and O–H groups in total. The lowest BCUT2D eigenvalue weighted by molar-refractivity contribution is -0.216. The van der Waals surface area contributed by atoms with E-state index in [0.29, 0.717) is 0 Å². The Hall–Kier alpha value is -0.990. The topological polar surface area (TPSA) is 94.5 Å². The fourth-order valence-electron chi connectivity index (χ4n) is 3.77. The summed E-state index contributed by atoms with van der Waals surface area (Å²) in [6.45, 7) is 2.89. The molecule has 7 nitrogen and oxygen atoms in total. The molecule has 0 aromatic heterocycles. The van der Waals surface area contributed by atoms with Crippen molar-refractivity contribution >= 4 is 5.97 Å². The molecule has 2 aliphatic rings. The van der Waals surface area contributed by atoms with E-state index in [4.69, 9.17) is 18.9 Å². The van der Waals surface area contributed by atoms with Gasteiger partial charge in [-0.25, -0.2) is 0 Å². The van der Waals surface area contributed by atoms with Crippen LogP contribution >= 0.6 is 0 Å². The van der Waals surface area contributed by atoms with E-state index in [1.807, 2.05) is 12.2 Å². The number of aliphatic hydroxyl groups excluding tert-OH is 1. The van der Waals surface area contributed by atoms with Gasteiger partial charge in [0.2, 0.25) is 0 Å². The monoisotopic (exact) mass is 400 g/mol. The summed E-state index contributed by atoms with van der Waals surface area (Å²) in [5.74, 6) is -1.46. The van der Waals surface area contributed by atoms with Crippen molar-refractivity contribution in [2.75, 3.05) is 13.7 Å². The summed E-state index contributed by atoms with van der Waals surface area (Å²) in [7, 11) is 1.52. The van der Waals surface area contributed by atoms with E-state index in [-0.39, 0.29) is 25.2 Å². The fourth-order valence-corrected chi connectivity index (χ4v) is 3.77. The number of hydrogen-bond acceptors (Lipinski definition) is 6. The molecule has 0 aliphatic carbocycles. The number of aliphatic carboxylic acids is 1. The third kappa shape index (κ3) is 7.79. The van der Waals surface area contributed by atoms with Crippen LogP contribution < -0.4 is 0 Å². The molecule has 7 heteroatoms. The Bertz CT molecular complexity index is 475. The van der Waals surface area contributed by atoms with Gasteiger partial charge in [-0.1, -0.05) is 38.3 Å². The maximum absolute atomic E-state index is 11.2. The Balaban J connectivity index is 2.04. The highest BCUT2D eigenvalue weighted by Gasteiger charge is 2.38. The van der Waals surface area contributed by atoms with Crippen LogP contribution in [0.5, 0.6) is 0 Å². The van der Waals surface area contributed by atoms with Crippen LogP contribution in [0.1, 0.15) is 64.7 Å². The maximum atomic E-state index is 11.2. The van der Waals surface area contributed by atoms with Crippen molar-refractivity contribution in [3.63, 3.8) is 0 Å². The highest BCUT2D eigenvalue weighted by molar-refractivity contribution is 5.67. The number of unbranched alkanes of at least 4 members (excludes halogenated alkanes) is 2. The molecular formula is C21H36O7. The molecular weight excluding hydrogens is 364 g/mol. The minimum absolute atomic E-state index is 0.121. The van der Waals surface area contributed by atoms with Crippen molar-refractivity contribution in [1.29, 1.82) is 0 Å². The zero-order valence-electron chi connectivity index (χ0n) is 17.1. The summed E-state index contributed by atoms with van der Waals surface area (Å²) >= 11 is 0. The van der Waals surface area contributed by atoms with Gasteiger partial charge in [-0.2, -0.15) is 0 Å². The summed E-state index contributed by atoms with van der Waals surface area (Å²) < 4.78 is 23.0. The second-order valence-electron chi connectivity index (χ2n) is 7.68. The highest BCUT2D eigenvalue weighted by atomic mass is 16.7. The summed E-state index contributed by atoms with van der Waals surface area (Å²) in [5.41, 5.74) is 0. The number of ether oxygens (including phenoxy) is 4. The SMILES string of the molecule is CCCCCC(C=C[C@H]1O[C@@H](OC)C[C@@H](O)[C@H]1CC(=O)O)OC1CCCCO1. The van der Waals surface area contributed by atoms with Gasteiger partial charge in [0.15, 0.2) is 12.6 Å². The first-order valence-electron chi connectivity index (χ1n) is 10.6. The summed E-state index contributed by atoms with van der Waals surface area (Å²) in [6, 6.07) is 0. The molecule has 0 saturated carbocycles. The summed E-state index contributed by atoms with van der Waals surface area (Å²) in [4.78, 5) is 11.2. The third-order valence-electron chi connectivity index (χ3n) is 5.40. The van der Waals surface area contributed by atoms with Gasteiger partial charge in [-0.15, -0.1) is 0 Å². The average molecular weight is 401 g/mol. The summed E-state index contributed by atoms with van der Waals surface area (Å²) in [5, 5.41) is 19.6. The third-order valence-corrected chi connectivity index (χ3v) is 5.40. The van der Waals surface area contributed by atoms with E-state index < -0.39 is 30.4 Å². The van der Waals surface area contributed by atoms with Gasteiger partial charge in [-0.3, -0.25) is 4.79 Å². The number of methoxy groups -OCH3 is 1. The first kappa shape index (κ1) is 23.3. The van der Waals surface area contributed by atoms with Crippen LogP contribution in [0.4, 0.5) is 0 Å². The maximum Gasteiger partial charge on any atom is 0.303 e. The average Bonchev–Trinajstić information content (AvgIpc) is 2.68. The van der Waals surface area contributed by atoms with Gasteiger partial charge in [-0.05, 0) is 25.7 Å². The number of rotatable bonds is 11. The Labute approximate surface area is 168 Å². The van der Waals surface area contributed by atoms with Crippen LogP contribution in [0.25, 0.3) is 0 Å². The first-order valence-corrected chi connectivity index (χ1v) is 10.6. The molecule has 6 atom stereocenters. The molecule has 0 aromatic carbocycles. The van der Waals surface area contributed by atoms with Crippen molar-refractivity contribution in [1.82, 2.24) is 0 Å². The van der Waals surface area contributed by atoms with E-state index in [1.165, 1.54) is 7.11 Å². The van der Waals surface area contributed by atoms with Crippen LogP contribution in [0.3, 0.4) is 0 Å². The molecule has 2 aliphatic heterocycles. The van der Waals surface area contributed by atoms with Gasteiger partial charge >= 0.3 is 5.97 Å². The van der Waals surface area contributed by atoms with Crippen molar-refractivity contribution in [3.8, 4) is 0 Å². The van der Waals surface area contributed by atoms with E-state index in [0.717, 1.165) is 51.6 Å². The standard InChI is InChI=1S/C21H36O7/c1-3-4-5-8-15(27-20-9-6-7-12-26-20)10-11-18-16(13-19(23)24)17(22)14-21(25-2)28-18/h10-11,15-18,20-22H,3-9,12-14H2,1-2H3,(H,23,24)/t15?,16-,17-,18-,20?,21-/m1/s1. The van der Waals surface area contributed by atoms with Crippen LogP contribution in [0, 0.1) is 5.92 Å². The minimum Gasteiger partial charge on any atom is -0.481 e. The van der Waals surface area contributed by atoms with E-state index >= 15 is 0 Å². The minimum atomic E-state index is -0.951. The van der Waals surface area contributed by atoms with Crippen molar-refractivity contribution in [2.24, 2.45) is 5.92 Å². The number of hydrogen-bond donors (Lipinski definition) is 2. The number of carboxylic acid groups (broad SMARTS) is 1. The molecule has 162 valence electrons. The first-order chi connectivity index (χ1) is 13.5. The molecule has 0 amide bonds. The number of aliphatic hydroxyl groups is 1. The number of carboxylic acids is 1. The zero-order valence-corrected chi connectivity index (χ0v) is 17.1. The Morgan fingerprint density at radius 2 is 2.11 bits per heavy atom. The van der Waals surface area contributed by atoms with Crippen LogP contribution in [0.15, 0.2) is 12.2 Å². The smallest absolute Gasteiger partial charge is 0.303 e. The Morgan fingerprint density at radius 1 is 1.29 bits per heavy atom. The quantitative estimate of drug-likeness (QED) is 0.406. The molecule has 2 heterocycles. The van der Waals surface area contributed by atoms with Gasteiger partial charge < -0.3 is 29.2 Å². The molecule has 2 saturated heterocycles. The Kier molecular flexibility index (Phi) is 10.4. The largest absolute Gasteiger partial charge is 0.481 e. The van der Waals surface area contributed by atoms with Gasteiger partial charge in [0.1, 0.15) is 0 Å². The van der Waals surface area contributed by atoms with Crippen LogP contribution in [-0.2, 0) is 23.7 Å². The normalized spacial score (nSPS) is 32.5. The second kappa shape index (κ2) is 12.5. The lowest BCUT2D eigenvalue weighted by atomic mass is 9.87. The predicted molar refractivity (Wildman–Crippen MR) is 104 cm³/mol. The molecule has 0 aromatic rings. The van der Waals surface area contributed by atoms with E-state index in [2.05, 4.69) is 6.92 Å². The molecule has 2 unspecified atom stereocenters. The number of carbonyl (C=O) groups is 1. The van der Waals surface area contributed by atoms with Gasteiger partial charge in [0.25, 0.3) is 0 Å². The lowest BCUT2D eigenvalue weighted by Gasteiger charge is -2.37. The van der Waals surface area contributed by atoms with Crippen molar-refractivity contribution in [3.05, 3.63) is 12.2 Å². The van der Waals surface area contributed by atoms with Crippen molar-refractivity contribution in [2.45, 2.75) is 95.6 Å².